The fourth-order valence-corrected chi connectivity index (χ4v) is 3.48. The predicted octanol–water partition coefficient (Wildman–Crippen LogP) is 3.58. The lowest BCUT2D eigenvalue weighted by atomic mass is 9.99. The van der Waals surface area contributed by atoms with Gasteiger partial charge in [0.15, 0.2) is 0 Å². The second kappa shape index (κ2) is 4.74. The number of β-lactam (4-membered cyclic amide) rings is 1. The van der Waals surface area contributed by atoms with Gasteiger partial charge < -0.3 is 4.90 Å². The van der Waals surface area contributed by atoms with Crippen molar-refractivity contribution < 1.29 is 4.79 Å². The van der Waals surface area contributed by atoms with E-state index in [1.54, 1.807) is 11.8 Å². The van der Waals surface area contributed by atoms with Crippen molar-refractivity contribution in [1.29, 1.82) is 0 Å². The van der Waals surface area contributed by atoms with Crippen molar-refractivity contribution in [2.75, 3.05) is 11.4 Å². The van der Waals surface area contributed by atoms with Crippen molar-refractivity contribution in [3.8, 4) is 0 Å². The van der Waals surface area contributed by atoms with Crippen LogP contribution in [0.4, 0.5) is 5.69 Å². The van der Waals surface area contributed by atoms with Crippen LogP contribution in [0, 0.1) is 0 Å². The monoisotopic (exact) mass is 269 g/mol. The van der Waals surface area contributed by atoms with Crippen molar-refractivity contribution in [3.05, 3.63) is 60.7 Å². The molecule has 1 heterocycles. The molecule has 3 rings (SSSR count). The minimum absolute atomic E-state index is 0.188. The summed E-state index contributed by atoms with van der Waals surface area (Å²) >= 11 is 1.65. The Morgan fingerprint density at radius 2 is 1.58 bits per heavy atom. The average molecular weight is 269 g/mol. The average Bonchev–Trinajstić information content (AvgIpc) is 2.46. The summed E-state index contributed by atoms with van der Waals surface area (Å²) in [5.41, 5.74) is 0.985. The minimum Gasteiger partial charge on any atom is -0.309 e. The molecule has 0 saturated carbocycles. The summed E-state index contributed by atoms with van der Waals surface area (Å²) in [6.45, 7) is 2.78. The highest BCUT2D eigenvalue weighted by atomic mass is 32.2. The molecule has 0 spiro atoms. The Labute approximate surface area is 117 Å². The Morgan fingerprint density at radius 1 is 1.00 bits per heavy atom. The van der Waals surface area contributed by atoms with Crippen LogP contribution < -0.4 is 4.90 Å². The number of hydrogen-bond acceptors (Lipinski definition) is 2. The number of amides is 1. The quantitative estimate of drug-likeness (QED) is 0.794. The number of nitrogens with zero attached hydrogens (tertiary/aromatic N) is 1. The second-order valence-electron chi connectivity index (χ2n) is 4.87. The molecule has 1 aliphatic rings. The van der Waals surface area contributed by atoms with E-state index in [2.05, 4.69) is 0 Å². The molecule has 2 aromatic rings. The van der Waals surface area contributed by atoms with E-state index in [-0.39, 0.29) is 10.7 Å². The summed E-state index contributed by atoms with van der Waals surface area (Å²) in [5, 5.41) is 0. The standard InChI is InChI=1S/C16H15NOS/c1-16(19-14-10-6-3-7-11-14)12-17(15(16)18)13-8-4-2-5-9-13/h2-11H,12H2,1H3. The topological polar surface area (TPSA) is 20.3 Å². The zero-order valence-electron chi connectivity index (χ0n) is 10.7. The number of hydrogen-bond donors (Lipinski definition) is 0. The van der Waals surface area contributed by atoms with Gasteiger partial charge in [-0.15, -0.1) is 11.8 Å². The number of anilines is 1. The van der Waals surface area contributed by atoms with Crippen LogP contribution in [0.1, 0.15) is 6.92 Å². The van der Waals surface area contributed by atoms with E-state index in [1.165, 1.54) is 0 Å². The first-order chi connectivity index (χ1) is 9.19. The zero-order valence-corrected chi connectivity index (χ0v) is 11.6. The van der Waals surface area contributed by atoms with E-state index in [0.29, 0.717) is 0 Å². The Morgan fingerprint density at radius 3 is 2.16 bits per heavy atom. The van der Waals surface area contributed by atoms with Gasteiger partial charge in [-0.3, -0.25) is 4.79 Å². The van der Waals surface area contributed by atoms with Gasteiger partial charge in [-0.1, -0.05) is 36.4 Å². The lowest BCUT2D eigenvalue weighted by molar-refractivity contribution is -0.124. The molecule has 0 bridgehead atoms. The Bertz CT molecular complexity index is 584. The second-order valence-corrected chi connectivity index (χ2v) is 6.45. The van der Waals surface area contributed by atoms with Gasteiger partial charge in [0.2, 0.25) is 5.91 Å². The maximum Gasteiger partial charge on any atom is 0.245 e. The molecular formula is C16H15NOS. The Kier molecular flexibility index (Phi) is 3.07. The third-order valence-electron chi connectivity index (χ3n) is 3.31. The largest absolute Gasteiger partial charge is 0.309 e. The molecule has 0 aromatic heterocycles. The smallest absolute Gasteiger partial charge is 0.245 e. The first kappa shape index (κ1) is 12.3. The van der Waals surface area contributed by atoms with E-state index in [1.807, 2.05) is 72.5 Å². The van der Waals surface area contributed by atoms with Gasteiger partial charge in [0.25, 0.3) is 0 Å². The van der Waals surface area contributed by atoms with E-state index < -0.39 is 0 Å². The molecule has 19 heavy (non-hydrogen) atoms. The third-order valence-corrected chi connectivity index (χ3v) is 4.57. The molecule has 1 amide bonds. The van der Waals surface area contributed by atoms with Crippen LogP contribution in [0.15, 0.2) is 65.6 Å². The molecule has 96 valence electrons. The molecular weight excluding hydrogens is 254 g/mol. The summed E-state index contributed by atoms with van der Waals surface area (Å²) in [5.74, 6) is 0.188. The fourth-order valence-electron chi connectivity index (χ4n) is 2.28. The maximum atomic E-state index is 12.4. The van der Waals surface area contributed by atoms with Crippen LogP contribution in [0.2, 0.25) is 0 Å². The van der Waals surface area contributed by atoms with E-state index >= 15 is 0 Å². The fraction of sp³-hybridized carbons (Fsp3) is 0.188. The van der Waals surface area contributed by atoms with Crippen LogP contribution in [-0.4, -0.2) is 17.2 Å². The Balaban J connectivity index is 1.74. The van der Waals surface area contributed by atoms with E-state index in [9.17, 15) is 4.79 Å². The summed E-state index contributed by atoms with van der Waals surface area (Å²) in [7, 11) is 0. The highest BCUT2D eigenvalue weighted by molar-refractivity contribution is 8.01. The van der Waals surface area contributed by atoms with Crippen molar-refractivity contribution in [2.24, 2.45) is 0 Å². The van der Waals surface area contributed by atoms with Crippen LogP contribution in [0.3, 0.4) is 0 Å². The van der Waals surface area contributed by atoms with E-state index in [0.717, 1.165) is 17.1 Å². The van der Waals surface area contributed by atoms with Crippen molar-refractivity contribution >= 4 is 23.4 Å². The maximum absolute atomic E-state index is 12.4. The molecule has 2 nitrogen and oxygen atoms in total. The molecule has 0 radical (unpaired) electrons. The first-order valence-electron chi connectivity index (χ1n) is 6.30. The number of para-hydroxylation sites is 1. The van der Waals surface area contributed by atoms with Crippen LogP contribution in [0.25, 0.3) is 0 Å². The van der Waals surface area contributed by atoms with Gasteiger partial charge in [0, 0.05) is 17.1 Å². The summed E-state index contributed by atoms with van der Waals surface area (Å²) in [6.07, 6.45) is 0. The molecule has 0 N–H and O–H groups in total. The number of thioether (sulfide) groups is 1. The highest BCUT2D eigenvalue weighted by Crippen LogP contribution is 2.42. The molecule has 1 aliphatic heterocycles. The number of rotatable bonds is 3. The number of benzene rings is 2. The van der Waals surface area contributed by atoms with E-state index in [4.69, 9.17) is 0 Å². The predicted molar refractivity (Wildman–Crippen MR) is 79.5 cm³/mol. The number of carbonyl (C=O) groups is 1. The molecule has 1 fully saturated rings. The van der Waals surface area contributed by atoms with Crippen molar-refractivity contribution in [2.45, 2.75) is 16.6 Å². The van der Waals surface area contributed by atoms with Crippen molar-refractivity contribution in [1.82, 2.24) is 0 Å². The molecule has 1 saturated heterocycles. The minimum atomic E-state index is -0.336. The van der Waals surface area contributed by atoms with Gasteiger partial charge in [-0.25, -0.2) is 0 Å². The lowest BCUT2D eigenvalue weighted by Crippen LogP contribution is -2.63. The van der Waals surface area contributed by atoms with Gasteiger partial charge in [-0.05, 0) is 31.2 Å². The number of carbonyl (C=O) groups excluding carboxylic acids is 1. The summed E-state index contributed by atoms with van der Waals surface area (Å²) < 4.78 is -0.336. The summed E-state index contributed by atoms with van der Waals surface area (Å²) in [4.78, 5) is 15.4. The lowest BCUT2D eigenvalue weighted by Gasteiger charge is -2.46. The zero-order chi connectivity index (χ0) is 13.3. The van der Waals surface area contributed by atoms with Crippen LogP contribution in [-0.2, 0) is 4.79 Å². The van der Waals surface area contributed by atoms with Gasteiger partial charge >= 0.3 is 0 Å². The highest BCUT2D eigenvalue weighted by Gasteiger charge is 2.49. The van der Waals surface area contributed by atoms with Crippen molar-refractivity contribution in [3.63, 3.8) is 0 Å². The van der Waals surface area contributed by atoms with Gasteiger partial charge in [0.1, 0.15) is 4.75 Å². The molecule has 1 atom stereocenters. The summed E-state index contributed by atoms with van der Waals surface area (Å²) in [6, 6.07) is 19.9. The van der Waals surface area contributed by atoms with Crippen LogP contribution >= 0.6 is 11.8 Å². The van der Waals surface area contributed by atoms with Crippen LogP contribution in [0.5, 0.6) is 0 Å². The Hall–Kier alpha value is -1.74. The first-order valence-corrected chi connectivity index (χ1v) is 7.12. The van der Waals surface area contributed by atoms with Gasteiger partial charge in [0.05, 0.1) is 0 Å². The molecule has 1 unspecified atom stereocenters. The normalized spacial score (nSPS) is 22.2. The molecule has 2 aromatic carbocycles. The third kappa shape index (κ3) is 2.26. The molecule has 0 aliphatic carbocycles. The molecule has 3 heteroatoms. The van der Waals surface area contributed by atoms with Gasteiger partial charge in [-0.2, -0.15) is 0 Å². The SMILES string of the molecule is CC1(Sc2ccccc2)CN(c2ccccc2)C1=O.